The van der Waals surface area contributed by atoms with E-state index in [2.05, 4.69) is 25.7 Å². The van der Waals surface area contributed by atoms with Gasteiger partial charge in [0, 0.05) is 31.5 Å². The predicted molar refractivity (Wildman–Crippen MR) is 170 cm³/mol. The Hall–Kier alpha value is -4.52. The summed E-state index contributed by atoms with van der Waals surface area (Å²) in [6.07, 6.45) is 1.16. The molecular formula is C32H39N7O5S. The number of hydrogen-bond donors (Lipinski definition) is 2. The van der Waals surface area contributed by atoms with Gasteiger partial charge in [0.1, 0.15) is 18.3 Å². The Balaban J connectivity index is 1.37. The molecule has 3 amide bonds. The first-order valence-corrected chi connectivity index (χ1v) is 16.0. The number of nitrogens with one attached hydrogen (secondary N) is 2. The fourth-order valence-corrected chi connectivity index (χ4v) is 6.19. The van der Waals surface area contributed by atoms with Crippen molar-refractivity contribution in [2.75, 3.05) is 33.4 Å². The average molecular weight is 634 g/mol. The van der Waals surface area contributed by atoms with Gasteiger partial charge in [0.2, 0.25) is 11.8 Å². The van der Waals surface area contributed by atoms with Crippen LogP contribution in [-0.2, 0) is 22.6 Å². The highest BCUT2D eigenvalue weighted by atomic mass is 32.1. The van der Waals surface area contributed by atoms with Gasteiger partial charge in [-0.05, 0) is 49.6 Å². The second-order valence-corrected chi connectivity index (χ2v) is 12.4. The zero-order valence-corrected chi connectivity index (χ0v) is 26.9. The molecule has 0 fully saturated rings. The number of nitrogens with zero attached hydrogens (tertiary/aromatic N) is 5. The molecule has 1 aliphatic heterocycles. The van der Waals surface area contributed by atoms with E-state index in [1.54, 1.807) is 53.2 Å². The van der Waals surface area contributed by atoms with E-state index in [0.29, 0.717) is 61.2 Å². The molecule has 0 unspecified atom stereocenters. The van der Waals surface area contributed by atoms with Crippen LogP contribution < -0.4 is 20.1 Å². The van der Waals surface area contributed by atoms with Crippen LogP contribution in [0.3, 0.4) is 0 Å². The SMILES string of the molecule is COc1ccc2cc1OCCn1nc(C)nc1[C@H](C(C)C)NC(=O)CN(C(=O)CCc1nc3ccccc3s1)CCCNC2=O. The zero-order valence-electron chi connectivity index (χ0n) is 26.0. The van der Waals surface area contributed by atoms with E-state index in [0.717, 1.165) is 15.2 Å². The third kappa shape index (κ3) is 7.96. The van der Waals surface area contributed by atoms with E-state index in [1.165, 1.54) is 0 Å². The number of ether oxygens (including phenoxy) is 2. The summed E-state index contributed by atoms with van der Waals surface area (Å²) in [5, 5.41) is 11.4. The van der Waals surface area contributed by atoms with E-state index >= 15 is 0 Å². The van der Waals surface area contributed by atoms with E-state index in [4.69, 9.17) is 9.47 Å². The third-order valence-electron chi connectivity index (χ3n) is 7.52. The second-order valence-electron chi connectivity index (χ2n) is 11.2. The average Bonchev–Trinajstić information content (AvgIpc) is 3.61. The largest absolute Gasteiger partial charge is 0.493 e. The van der Waals surface area contributed by atoms with Crippen molar-refractivity contribution in [3.8, 4) is 11.5 Å². The first-order valence-electron chi connectivity index (χ1n) is 15.1. The fraction of sp³-hybridized carbons (Fsp3) is 0.438. The molecule has 0 radical (unpaired) electrons. The monoisotopic (exact) mass is 633 g/mol. The number of carbonyl (C=O) groups is 3. The summed E-state index contributed by atoms with van der Waals surface area (Å²) in [6, 6.07) is 12.5. The van der Waals surface area contributed by atoms with Crippen molar-refractivity contribution >= 4 is 39.3 Å². The number of aromatic nitrogens is 4. The molecule has 5 rings (SSSR count). The van der Waals surface area contributed by atoms with Gasteiger partial charge in [-0.25, -0.2) is 14.6 Å². The minimum absolute atomic E-state index is 0.00186. The van der Waals surface area contributed by atoms with Crippen molar-refractivity contribution in [1.29, 1.82) is 0 Å². The lowest BCUT2D eigenvalue weighted by molar-refractivity contribution is -0.136. The van der Waals surface area contributed by atoms with E-state index < -0.39 is 6.04 Å². The summed E-state index contributed by atoms with van der Waals surface area (Å²) >= 11 is 1.57. The number of benzene rings is 2. The summed E-state index contributed by atoms with van der Waals surface area (Å²) in [4.78, 5) is 50.8. The molecule has 3 heterocycles. The van der Waals surface area contributed by atoms with Gasteiger partial charge in [0.15, 0.2) is 11.5 Å². The summed E-state index contributed by atoms with van der Waals surface area (Å²) in [7, 11) is 1.54. The van der Waals surface area contributed by atoms with Crippen molar-refractivity contribution in [3.05, 3.63) is 64.7 Å². The van der Waals surface area contributed by atoms with Crippen LogP contribution in [0.2, 0.25) is 0 Å². The molecule has 0 spiro atoms. The van der Waals surface area contributed by atoms with Gasteiger partial charge < -0.3 is 25.0 Å². The predicted octanol–water partition coefficient (Wildman–Crippen LogP) is 3.69. The van der Waals surface area contributed by atoms with E-state index in [1.807, 2.05) is 38.1 Å². The molecule has 13 heteroatoms. The number of para-hydroxylation sites is 1. The molecule has 12 nitrogen and oxygen atoms in total. The number of fused-ring (bicyclic) bond motifs is 4. The molecule has 238 valence electrons. The summed E-state index contributed by atoms with van der Waals surface area (Å²) in [5.41, 5.74) is 1.34. The topological polar surface area (TPSA) is 141 Å². The Morgan fingerprint density at radius 2 is 1.98 bits per heavy atom. The highest BCUT2D eigenvalue weighted by molar-refractivity contribution is 7.18. The van der Waals surface area contributed by atoms with Crippen LogP contribution in [0.1, 0.15) is 59.7 Å². The first-order chi connectivity index (χ1) is 21.7. The number of aryl methyl sites for hydroxylation is 2. The Kier molecular flexibility index (Phi) is 10.3. The van der Waals surface area contributed by atoms with Crippen molar-refractivity contribution in [3.63, 3.8) is 0 Å². The molecule has 1 aliphatic rings. The standard InChI is InChI=1S/C32H39N7O5S/c1-20(2)30-31-34-21(3)37-39(31)16-17-44-25-18-22(10-11-24(25)43-4)32(42)33-14-7-15-38(19-27(40)36-30)29(41)13-12-28-35-23-8-5-6-9-26(23)45-28/h5-6,8-11,18,20,30H,7,12-17,19H2,1-4H3,(H,33,42)(H,36,40)/t30-/m0/s1. The maximum atomic E-state index is 13.5. The number of thiazole rings is 1. The Morgan fingerprint density at radius 3 is 2.76 bits per heavy atom. The molecule has 0 saturated heterocycles. The van der Waals surface area contributed by atoms with Gasteiger partial charge in [0.05, 0.1) is 41.5 Å². The molecular weight excluding hydrogens is 594 g/mol. The Bertz CT molecular complexity index is 1630. The minimum atomic E-state index is -0.436. The molecule has 1 atom stereocenters. The first kappa shape index (κ1) is 31.9. The number of amides is 3. The van der Waals surface area contributed by atoms with Crippen LogP contribution >= 0.6 is 11.3 Å². The third-order valence-corrected chi connectivity index (χ3v) is 8.62. The van der Waals surface area contributed by atoms with Gasteiger partial charge in [-0.2, -0.15) is 5.10 Å². The highest BCUT2D eigenvalue weighted by Gasteiger charge is 2.27. The molecule has 2 bridgehead atoms. The van der Waals surface area contributed by atoms with Crippen molar-refractivity contribution in [2.45, 2.75) is 52.6 Å². The lowest BCUT2D eigenvalue weighted by atomic mass is 10.0. The molecule has 45 heavy (non-hydrogen) atoms. The van der Waals surface area contributed by atoms with Crippen molar-refractivity contribution in [1.82, 2.24) is 35.3 Å². The molecule has 2 N–H and O–H groups in total. The summed E-state index contributed by atoms with van der Waals surface area (Å²) < 4.78 is 14.3. The van der Waals surface area contributed by atoms with Crippen LogP contribution in [0, 0.1) is 12.8 Å². The fourth-order valence-electron chi connectivity index (χ4n) is 5.23. The van der Waals surface area contributed by atoms with E-state index in [9.17, 15) is 14.4 Å². The number of methoxy groups -OCH3 is 1. The second kappa shape index (κ2) is 14.5. The lowest BCUT2D eigenvalue weighted by Gasteiger charge is -2.26. The maximum absolute atomic E-state index is 13.5. The van der Waals surface area contributed by atoms with Crippen LogP contribution in [0.15, 0.2) is 42.5 Å². The Labute approximate surface area is 266 Å². The summed E-state index contributed by atoms with van der Waals surface area (Å²) in [6.45, 7) is 6.88. The van der Waals surface area contributed by atoms with Gasteiger partial charge in [-0.1, -0.05) is 26.0 Å². The summed E-state index contributed by atoms with van der Waals surface area (Å²) in [5.74, 6) is 1.39. The molecule has 2 aromatic carbocycles. The van der Waals surface area contributed by atoms with Gasteiger partial charge in [-0.3, -0.25) is 14.4 Å². The minimum Gasteiger partial charge on any atom is -0.493 e. The van der Waals surface area contributed by atoms with E-state index in [-0.39, 0.29) is 43.2 Å². The molecule has 0 saturated carbocycles. The van der Waals surface area contributed by atoms with Gasteiger partial charge >= 0.3 is 0 Å². The normalized spacial score (nSPS) is 16.7. The molecule has 4 aromatic rings. The van der Waals surface area contributed by atoms with Crippen molar-refractivity contribution in [2.24, 2.45) is 5.92 Å². The van der Waals surface area contributed by atoms with Gasteiger partial charge in [-0.15, -0.1) is 11.3 Å². The lowest BCUT2D eigenvalue weighted by Crippen LogP contribution is -2.44. The Morgan fingerprint density at radius 1 is 1.16 bits per heavy atom. The van der Waals surface area contributed by atoms with Crippen LogP contribution in [-0.4, -0.2) is 75.7 Å². The zero-order chi connectivity index (χ0) is 31.9. The number of carbonyl (C=O) groups excluding carboxylic acids is 3. The molecule has 2 aromatic heterocycles. The smallest absolute Gasteiger partial charge is 0.251 e. The number of hydrogen-bond acceptors (Lipinski definition) is 9. The number of rotatable bonds is 5. The van der Waals surface area contributed by atoms with Crippen molar-refractivity contribution < 1.29 is 23.9 Å². The van der Waals surface area contributed by atoms with Crippen LogP contribution in [0.4, 0.5) is 0 Å². The van der Waals surface area contributed by atoms with Crippen LogP contribution in [0.5, 0.6) is 11.5 Å². The van der Waals surface area contributed by atoms with Crippen LogP contribution in [0.25, 0.3) is 10.2 Å². The maximum Gasteiger partial charge on any atom is 0.251 e. The molecule has 0 aliphatic carbocycles. The van der Waals surface area contributed by atoms with Gasteiger partial charge in [0.25, 0.3) is 5.91 Å². The quantitative estimate of drug-likeness (QED) is 0.339. The highest BCUT2D eigenvalue weighted by Crippen LogP contribution is 2.29.